The van der Waals surface area contributed by atoms with E-state index in [0.29, 0.717) is 17.3 Å². The van der Waals surface area contributed by atoms with Crippen molar-refractivity contribution in [2.45, 2.75) is 31.7 Å². The molecule has 1 fully saturated rings. The maximum Gasteiger partial charge on any atom is 0.251 e. The first-order valence-electron chi connectivity index (χ1n) is 6.96. The van der Waals surface area contributed by atoms with E-state index in [1.165, 1.54) is 0 Å². The minimum Gasteiger partial charge on any atom is -0.394 e. The molecule has 21 heavy (non-hydrogen) atoms. The van der Waals surface area contributed by atoms with Crippen molar-refractivity contribution in [3.8, 4) is 11.4 Å². The van der Waals surface area contributed by atoms with Crippen LogP contribution < -0.4 is 5.32 Å². The number of amides is 1. The van der Waals surface area contributed by atoms with Gasteiger partial charge in [0.05, 0.1) is 12.1 Å². The fourth-order valence-corrected chi connectivity index (χ4v) is 2.43. The van der Waals surface area contributed by atoms with Crippen molar-refractivity contribution >= 4 is 5.91 Å². The average Bonchev–Trinajstić information content (AvgIpc) is 2.89. The lowest BCUT2D eigenvalue weighted by molar-refractivity contribution is 0.0641. The molecule has 1 amide bonds. The van der Waals surface area contributed by atoms with Crippen molar-refractivity contribution in [3.05, 3.63) is 35.7 Å². The molecular weight excluding hydrogens is 270 g/mol. The van der Waals surface area contributed by atoms with Gasteiger partial charge in [0.25, 0.3) is 5.91 Å². The van der Waals surface area contributed by atoms with E-state index in [-0.39, 0.29) is 12.5 Å². The van der Waals surface area contributed by atoms with Crippen molar-refractivity contribution in [3.63, 3.8) is 0 Å². The Bertz CT molecular complexity index is 639. The van der Waals surface area contributed by atoms with Gasteiger partial charge in [-0.05, 0) is 31.4 Å². The minimum absolute atomic E-state index is 0.0149. The lowest BCUT2D eigenvalue weighted by atomic mass is 9.77. The van der Waals surface area contributed by atoms with Crippen LogP contribution in [-0.4, -0.2) is 33.3 Å². The normalized spacial score (nSPS) is 16.3. The summed E-state index contributed by atoms with van der Waals surface area (Å²) in [4.78, 5) is 16.3. The third-order valence-corrected chi connectivity index (χ3v) is 3.92. The van der Waals surface area contributed by atoms with Crippen LogP contribution in [0.15, 0.2) is 28.8 Å². The molecule has 1 aliphatic carbocycles. The number of aromatic nitrogens is 2. The Labute approximate surface area is 122 Å². The Morgan fingerprint density at radius 3 is 2.57 bits per heavy atom. The number of nitrogens with one attached hydrogen (secondary N) is 1. The molecule has 6 nitrogen and oxygen atoms in total. The molecule has 3 rings (SSSR count). The molecule has 0 radical (unpaired) electrons. The second-order valence-corrected chi connectivity index (χ2v) is 5.46. The number of aliphatic hydroxyl groups is 1. The van der Waals surface area contributed by atoms with Crippen LogP contribution in [0.1, 0.15) is 35.5 Å². The number of nitrogens with zero attached hydrogens (tertiary/aromatic N) is 2. The number of carbonyl (C=O) groups excluding carboxylic acids is 1. The highest BCUT2D eigenvalue weighted by Crippen LogP contribution is 2.31. The Hall–Kier alpha value is -2.21. The first-order chi connectivity index (χ1) is 10.1. The third kappa shape index (κ3) is 2.67. The van der Waals surface area contributed by atoms with E-state index in [4.69, 9.17) is 4.52 Å². The SMILES string of the molecule is Cc1nc(-c2ccc(C(=O)NC3(CO)CCC3)cc2)no1. The van der Waals surface area contributed by atoms with Gasteiger partial charge in [0.1, 0.15) is 0 Å². The summed E-state index contributed by atoms with van der Waals surface area (Å²) in [7, 11) is 0. The van der Waals surface area contributed by atoms with E-state index in [0.717, 1.165) is 24.8 Å². The summed E-state index contributed by atoms with van der Waals surface area (Å²) < 4.78 is 4.93. The molecule has 0 bridgehead atoms. The number of hydrogen-bond donors (Lipinski definition) is 2. The fraction of sp³-hybridized carbons (Fsp3) is 0.400. The van der Waals surface area contributed by atoms with Crippen LogP contribution >= 0.6 is 0 Å². The first-order valence-corrected chi connectivity index (χ1v) is 6.96. The summed E-state index contributed by atoms with van der Waals surface area (Å²) in [5, 5.41) is 16.1. The van der Waals surface area contributed by atoms with Gasteiger partial charge in [0.2, 0.25) is 11.7 Å². The highest BCUT2D eigenvalue weighted by atomic mass is 16.5. The van der Waals surface area contributed by atoms with Gasteiger partial charge in [-0.25, -0.2) is 0 Å². The number of benzene rings is 1. The van der Waals surface area contributed by atoms with Gasteiger partial charge in [-0.3, -0.25) is 4.79 Å². The Balaban J connectivity index is 1.73. The van der Waals surface area contributed by atoms with E-state index in [9.17, 15) is 9.90 Å². The largest absolute Gasteiger partial charge is 0.394 e. The molecule has 0 aliphatic heterocycles. The molecule has 1 aromatic carbocycles. The van der Waals surface area contributed by atoms with Crippen molar-refractivity contribution in [1.29, 1.82) is 0 Å². The second kappa shape index (κ2) is 5.29. The summed E-state index contributed by atoms with van der Waals surface area (Å²) in [5.74, 6) is 0.839. The molecule has 1 aromatic heterocycles. The first kappa shape index (κ1) is 13.8. The van der Waals surface area contributed by atoms with Crippen LogP contribution in [0.3, 0.4) is 0 Å². The minimum atomic E-state index is -0.430. The van der Waals surface area contributed by atoms with Crippen LogP contribution in [0.5, 0.6) is 0 Å². The van der Waals surface area contributed by atoms with Crippen molar-refractivity contribution in [1.82, 2.24) is 15.5 Å². The molecule has 2 aromatic rings. The van der Waals surface area contributed by atoms with Crippen LogP contribution in [-0.2, 0) is 0 Å². The molecule has 0 saturated heterocycles. The second-order valence-electron chi connectivity index (χ2n) is 5.46. The van der Waals surface area contributed by atoms with Crippen LogP contribution in [0.2, 0.25) is 0 Å². The van der Waals surface area contributed by atoms with E-state index in [1.54, 1.807) is 31.2 Å². The maximum absolute atomic E-state index is 12.2. The summed E-state index contributed by atoms with van der Waals surface area (Å²) in [6.07, 6.45) is 2.70. The van der Waals surface area contributed by atoms with Gasteiger partial charge in [0, 0.05) is 18.1 Å². The zero-order valence-electron chi connectivity index (χ0n) is 11.8. The molecule has 0 atom stereocenters. The molecule has 1 saturated carbocycles. The number of hydrogen-bond acceptors (Lipinski definition) is 5. The number of carbonyl (C=O) groups is 1. The molecule has 0 unspecified atom stereocenters. The highest BCUT2D eigenvalue weighted by Gasteiger charge is 2.37. The van der Waals surface area contributed by atoms with E-state index in [1.807, 2.05) is 0 Å². The smallest absolute Gasteiger partial charge is 0.251 e. The van der Waals surface area contributed by atoms with Gasteiger partial charge >= 0.3 is 0 Å². The molecular formula is C15H17N3O3. The van der Waals surface area contributed by atoms with E-state index in [2.05, 4.69) is 15.5 Å². The average molecular weight is 287 g/mol. The van der Waals surface area contributed by atoms with Gasteiger partial charge in [-0.15, -0.1) is 0 Å². The molecule has 6 heteroatoms. The monoisotopic (exact) mass is 287 g/mol. The summed E-state index contributed by atoms with van der Waals surface area (Å²) in [5.41, 5.74) is 0.920. The molecule has 110 valence electrons. The quantitative estimate of drug-likeness (QED) is 0.893. The van der Waals surface area contributed by atoms with E-state index < -0.39 is 5.54 Å². The van der Waals surface area contributed by atoms with Crippen molar-refractivity contribution in [2.24, 2.45) is 0 Å². The van der Waals surface area contributed by atoms with E-state index >= 15 is 0 Å². The molecule has 1 aliphatic rings. The Morgan fingerprint density at radius 2 is 2.10 bits per heavy atom. The number of rotatable bonds is 4. The topological polar surface area (TPSA) is 88.2 Å². The summed E-state index contributed by atoms with van der Waals surface area (Å²) in [6.45, 7) is 1.71. The maximum atomic E-state index is 12.2. The van der Waals surface area contributed by atoms with Crippen molar-refractivity contribution in [2.75, 3.05) is 6.61 Å². The van der Waals surface area contributed by atoms with Gasteiger partial charge in [-0.2, -0.15) is 4.98 Å². The molecule has 2 N–H and O–H groups in total. The summed E-state index contributed by atoms with van der Waals surface area (Å²) >= 11 is 0. The zero-order valence-corrected chi connectivity index (χ0v) is 11.8. The lowest BCUT2D eigenvalue weighted by Crippen LogP contribution is -2.56. The predicted octanol–water partition coefficient (Wildman–Crippen LogP) is 1.69. The highest BCUT2D eigenvalue weighted by molar-refractivity contribution is 5.95. The molecule has 1 heterocycles. The van der Waals surface area contributed by atoms with Gasteiger partial charge < -0.3 is 14.9 Å². The Kier molecular flexibility index (Phi) is 3.47. The fourth-order valence-electron chi connectivity index (χ4n) is 2.43. The lowest BCUT2D eigenvalue weighted by Gasteiger charge is -2.40. The van der Waals surface area contributed by atoms with Crippen molar-refractivity contribution < 1.29 is 14.4 Å². The van der Waals surface area contributed by atoms with Gasteiger partial charge in [0.15, 0.2) is 0 Å². The Morgan fingerprint density at radius 1 is 1.38 bits per heavy atom. The van der Waals surface area contributed by atoms with Crippen LogP contribution in [0.25, 0.3) is 11.4 Å². The van der Waals surface area contributed by atoms with Gasteiger partial charge in [-0.1, -0.05) is 17.3 Å². The van der Waals surface area contributed by atoms with Crippen LogP contribution in [0, 0.1) is 6.92 Å². The molecule has 0 spiro atoms. The third-order valence-electron chi connectivity index (χ3n) is 3.92. The standard InChI is InChI=1S/C15H17N3O3/c1-10-16-13(18-21-10)11-3-5-12(6-4-11)14(20)17-15(9-19)7-2-8-15/h3-6,19H,2,7-9H2,1H3,(H,17,20). The summed E-state index contributed by atoms with van der Waals surface area (Å²) in [6, 6.07) is 7.01. The zero-order chi connectivity index (χ0) is 14.9. The van der Waals surface area contributed by atoms with Crippen LogP contribution in [0.4, 0.5) is 0 Å². The number of aryl methyl sites for hydroxylation is 1. The number of aliphatic hydroxyl groups excluding tert-OH is 1. The predicted molar refractivity (Wildman–Crippen MR) is 75.6 cm³/mol.